The third-order valence-electron chi connectivity index (χ3n) is 3.27. The fraction of sp³-hybridized carbons (Fsp3) is 1.00. The van der Waals surface area contributed by atoms with Crippen molar-refractivity contribution in [2.75, 3.05) is 6.26 Å². The molecule has 1 aliphatic carbocycles. The summed E-state index contributed by atoms with van der Waals surface area (Å²) in [5.41, 5.74) is 0.281. The Morgan fingerprint density at radius 1 is 1.36 bits per heavy atom. The Hall–Kier alpha value is -0.0900. The molecule has 3 nitrogen and oxygen atoms in total. The highest BCUT2D eigenvalue weighted by Crippen LogP contribution is 2.47. The van der Waals surface area contributed by atoms with Crippen molar-refractivity contribution in [3.63, 3.8) is 0 Å². The van der Waals surface area contributed by atoms with Gasteiger partial charge in [0.05, 0.1) is 11.4 Å². The highest BCUT2D eigenvalue weighted by atomic mass is 32.2. The molecule has 1 aliphatic rings. The van der Waals surface area contributed by atoms with Crippen molar-refractivity contribution in [3.8, 4) is 0 Å². The highest BCUT2D eigenvalue weighted by Gasteiger charge is 2.43. The number of hydrogen-bond acceptors (Lipinski definition) is 3. The van der Waals surface area contributed by atoms with Crippen LogP contribution in [0, 0.1) is 11.3 Å². The highest BCUT2D eigenvalue weighted by molar-refractivity contribution is 7.91. The van der Waals surface area contributed by atoms with Crippen LogP contribution in [0.3, 0.4) is 0 Å². The summed E-state index contributed by atoms with van der Waals surface area (Å²) in [6.07, 6.45) is 2.34. The lowest BCUT2D eigenvalue weighted by molar-refractivity contribution is -0.0128. The Labute approximate surface area is 86.4 Å². The Bertz CT molecular complexity index is 297. The first-order valence-electron chi connectivity index (χ1n) is 5.00. The molecule has 0 aromatic carbocycles. The predicted octanol–water partition coefficient (Wildman–Crippen LogP) is 1.22. The quantitative estimate of drug-likeness (QED) is 0.778. The fourth-order valence-corrected chi connectivity index (χ4v) is 2.97. The molecule has 0 aliphatic heterocycles. The van der Waals surface area contributed by atoms with Gasteiger partial charge in [-0.3, -0.25) is 0 Å². The average molecular weight is 220 g/mol. The number of sulfone groups is 1. The molecule has 0 amide bonds. The van der Waals surface area contributed by atoms with E-state index in [9.17, 15) is 13.5 Å². The van der Waals surface area contributed by atoms with Gasteiger partial charge >= 0.3 is 0 Å². The van der Waals surface area contributed by atoms with Crippen molar-refractivity contribution in [3.05, 3.63) is 0 Å². The molecule has 4 heteroatoms. The van der Waals surface area contributed by atoms with Crippen LogP contribution in [0.1, 0.15) is 33.6 Å². The Morgan fingerprint density at radius 2 is 1.79 bits per heavy atom. The van der Waals surface area contributed by atoms with Crippen LogP contribution in [0.25, 0.3) is 0 Å². The van der Waals surface area contributed by atoms with Crippen molar-refractivity contribution in [2.45, 2.75) is 45.0 Å². The van der Waals surface area contributed by atoms with E-state index < -0.39 is 21.2 Å². The van der Waals surface area contributed by atoms with Crippen molar-refractivity contribution in [1.29, 1.82) is 0 Å². The maximum Gasteiger partial charge on any atom is 0.152 e. The first kappa shape index (κ1) is 12.0. The van der Waals surface area contributed by atoms with Gasteiger partial charge in [-0.15, -0.1) is 0 Å². The van der Waals surface area contributed by atoms with E-state index in [1.165, 1.54) is 6.26 Å². The molecule has 1 rings (SSSR count). The predicted molar refractivity (Wildman–Crippen MR) is 56.8 cm³/mol. The standard InChI is InChI=1S/C10H20O3S/c1-7(14(4,12)13)9(11)8-5-10(2,3)6-8/h7-9,11H,5-6H2,1-4H3/t7-,9+/m0/s1. The van der Waals surface area contributed by atoms with Gasteiger partial charge in [-0.1, -0.05) is 13.8 Å². The van der Waals surface area contributed by atoms with Gasteiger partial charge in [-0.25, -0.2) is 8.42 Å². The number of rotatable bonds is 3. The zero-order chi connectivity index (χ0) is 11.1. The minimum atomic E-state index is -3.11. The molecule has 2 atom stereocenters. The average Bonchev–Trinajstić information content (AvgIpc) is 1.95. The van der Waals surface area contributed by atoms with E-state index >= 15 is 0 Å². The first-order chi connectivity index (χ1) is 6.13. The molecule has 1 N–H and O–H groups in total. The van der Waals surface area contributed by atoms with Crippen LogP contribution in [-0.4, -0.2) is 31.1 Å². The SMILES string of the molecule is C[C@@H]([C@@H](O)C1CC(C)(C)C1)S(C)(=O)=O. The van der Waals surface area contributed by atoms with Gasteiger partial charge in [0.15, 0.2) is 9.84 Å². The van der Waals surface area contributed by atoms with Crippen LogP contribution in [-0.2, 0) is 9.84 Å². The van der Waals surface area contributed by atoms with Crippen molar-refractivity contribution in [1.82, 2.24) is 0 Å². The second-order valence-electron chi connectivity index (χ2n) is 5.36. The zero-order valence-corrected chi connectivity index (χ0v) is 10.1. The smallest absolute Gasteiger partial charge is 0.152 e. The van der Waals surface area contributed by atoms with Crippen LogP contribution in [0.5, 0.6) is 0 Å². The number of hydrogen-bond donors (Lipinski definition) is 1. The van der Waals surface area contributed by atoms with Gasteiger partial charge in [-0.2, -0.15) is 0 Å². The van der Waals surface area contributed by atoms with Gasteiger partial charge < -0.3 is 5.11 Å². The molecule has 84 valence electrons. The third-order valence-corrected chi connectivity index (χ3v) is 4.90. The maximum absolute atomic E-state index is 11.2. The van der Waals surface area contributed by atoms with Gasteiger partial charge in [-0.05, 0) is 31.1 Å². The van der Waals surface area contributed by atoms with Crippen LogP contribution in [0.2, 0.25) is 0 Å². The Balaban J connectivity index is 2.57. The molecule has 0 aromatic heterocycles. The molecule has 1 saturated carbocycles. The van der Waals surface area contributed by atoms with Gasteiger partial charge in [0.2, 0.25) is 0 Å². The zero-order valence-electron chi connectivity index (χ0n) is 9.32. The molecule has 0 spiro atoms. The van der Waals surface area contributed by atoms with Crippen LogP contribution < -0.4 is 0 Å². The molecule has 0 aromatic rings. The lowest BCUT2D eigenvalue weighted by Crippen LogP contribution is -2.45. The van der Waals surface area contributed by atoms with Gasteiger partial charge in [0.25, 0.3) is 0 Å². The summed E-state index contributed by atoms with van der Waals surface area (Å²) < 4.78 is 22.4. The molecule has 0 unspecified atom stereocenters. The Morgan fingerprint density at radius 3 is 2.07 bits per heavy atom. The molecule has 0 bridgehead atoms. The summed E-state index contributed by atoms with van der Waals surface area (Å²) in [5.74, 6) is 0.162. The lowest BCUT2D eigenvalue weighted by atomic mass is 9.62. The number of aliphatic hydroxyl groups is 1. The molecule has 14 heavy (non-hydrogen) atoms. The van der Waals surface area contributed by atoms with Crippen molar-refractivity contribution >= 4 is 9.84 Å². The topological polar surface area (TPSA) is 54.4 Å². The summed E-state index contributed by atoms with van der Waals surface area (Å²) in [5, 5.41) is 9.19. The normalized spacial score (nSPS) is 26.6. The summed E-state index contributed by atoms with van der Waals surface area (Å²) in [7, 11) is -3.11. The molecular formula is C10H20O3S. The fourth-order valence-electron chi connectivity index (χ4n) is 2.24. The summed E-state index contributed by atoms with van der Waals surface area (Å²) >= 11 is 0. The molecule has 1 fully saturated rings. The maximum atomic E-state index is 11.2. The van der Waals surface area contributed by atoms with E-state index in [1.54, 1.807) is 6.92 Å². The van der Waals surface area contributed by atoms with Crippen LogP contribution >= 0.6 is 0 Å². The minimum Gasteiger partial charge on any atom is -0.391 e. The minimum absolute atomic E-state index is 0.162. The molecule has 0 radical (unpaired) electrons. The molecular weight excluding hydrogens is 200 g/mol. The second-order valence-corrected chi connectivity index (χ2v) is 7.76. The molecule has 0 heterocycles. The number of aliphatic hydroxyl groups excluding tert-OH is 1. The van der Waals surface area contributed by atoms with E-state index in [0.717, 1.165) is 12.8 Å². The van der Waals surface area contributed by atoms with Crippen LogP contribution in [0.4, 0.5) is 0 Å². The van der Waals surface area contributed by atoms with Gasteiger partial charge in [0.1, 0.15) is 0 Å². The van der Waals surface area contributed by atoms with E-state index in [4.69, 9.17) is 0 Å². The van der Waals surface area contributed by atoms with E-state index in [0.29, 0.717) is 0 Å². The lowest BCUT2D eigenvalue weighted by Gasteiger charge is -2.46. The second kappa shape index (κ2) is 3.49. The summed E-state index contributed by atoms with van der Waals surface area (Å²) in [4.78, 5) is 0. The summed E-state index contributed by atoms with van der Waals surface area (Å²) in [6.45, 7) is 5.87. The third kappa shape index (κ3) is 2.48. The van der Waals surface area contributed by atoms with Gasteiger partial charge in [0, 0.05) is 6.26 Å². The van der Waals surface area contributed by atoms with Crippen molar-refractivity contribution in [2.24, 2.45) is 11.3 Å². The Kier molecular flexibility index (Phi) is 2.99. The van der Waals surface area contributed by atoms with Crippen molar-refractivity contribution < 1.29 is 13.5 Å². The van der Waals surface area contributed by atoms with E-state index in [-0.39, 0.29) is 11.3 Å². The van der Waals surface area contributed by atoms with Crippen LogP contribution in [0.15, 0.2) is 0 Å². The van der Waals surface area contributed by atoms with E-state index in [2.05, 4.69) is 13.8 Å². The largest absolute Gasteiger partial charge is 0.391 e. The monoisotopic (exact) mass is 220 g/mol. The van der Waals surface area contributed by atoms with E-state index in [1.807, 2.05) is 0 Å². The molecule has 0 saturated heterocycles. The first-order valence-corrected chi connectivity index (χ1v) is 6.96. The summed E-state index contributed by atoms with van der Waals surface area (Å²) in [6, 6.07) is 0.